The second-order valence-electron chi connectivity index (χ2n) is 5.53. The van der Waals surface area contributed by atoms with E-state index in [4.69, 9.17) is 16.3 Å². The molecule has 24 heavy (non-hydrogen) atoms. The standard InChI is InChI=1S/C17H19N7/c1-12(2)13-3-5-14(6-4-13)23-16-15(20)17(22-11-21-16)24(9-7-18)10-8-19/h3-6,11-12H,9-10,20H2,1-2H3,(H,21,22,23). The van der Waals surface area contributed by atoms with Crippen molar-refractivity contribution in [2.24, 2.45) is 0 Å². The molecule has 0 bridgehead atoms. The number of aromatic nitrogens is 2. The van der Waals surface area contributed by atoms with Crippen molar-refractivity contribution < 1.29 is 0 Å². The summed E-state index contributed by atoms with van der Waals surface area (Å²) in [5, 5.41) is 20.9. The van der Waals surface area contributed by atoms with Crippen molar-refractivity contribution in [1.82, 2.24) is 9.97 Å². The average molecular weight is 321 g/mol. The van der Waals surface area contributed by atoms with Crippen LogP contribution >= 0.6 is 0 Å². The van der Waals surface area contributed by atoms with Crippen LogP contribution in [0.25, 0.3) is 0 Å². The Morgan fingerprint density at radius 1 is 1.12 bits per heavy atom. The molecule has 0 aliphatic carbocycles. The minimum atomic E-state index is 0.0251. The summed E-state index contributed by atoms with van der Waals surface area (Å²) in [5.74, 6) is 1.27. The summed E-state index contributed by atoms with van der Waals surface area (Å²) in [5.41, 5.74) is 8.52. The van der Waals surface area contributed by atoms with Crippen molar-refractivity contribution in [3.8, 4) is 12.1 Å². The Balaban J connectivity index is 2.27. The molecule has 0 unspecified atom stereocenters. The smallest absolute Gasteiger partial charge is 0.159 e. The van der Waals surface area contributed by atoms with Gasteiger partial charge < -0.3 is 16.0 Å². The van der Waals surface area contributed by atoms with Gasteiger partial charge in [0.1, 0.15) is 25.1 Å². The first-order valence-corrected chi connectivity index (χ1v) is 7.53. The number of nitrogens with one attached hydrogen (secondary N) is 1. The summed E-state index contributed by atoms with van der Waals surface area (Å²) in [6.07, 6.45) is 1.36. The average Bonchev–Trinajstić information content (AvgIpc) is 2.57. The van der Waals surface area contributed by atoms with Gasteiger partial charge in [-0.3, -0.25) is 0 Å². The molecule has 1 aromatic heterocycles. The van der Waals surface area contributed by atoms with Crippen molar-refractivity contribution in [3.05, 3.63) is 36.2 Å². The highest BCUT2D eigenvalue weighted by Crippen LogP contribution is 2.28. The van der Waals surface area contributed by atoms with Crippen LogP contribution in [0, 0.1) is 22.7 Å². The lowest BCUT2D eigenvalue weighted by Crippen LogP contribution is -2.26. The topological polar surface area (TPSA) is 115 Å². The lowest BCUT2D eigenvalue weighted by atomic mass is 10.0. The third-order valence-electron chi connectivity index (χ3n) is 3.53. The molecule has 3 N–H and O–H groups in total. The van der Waals surface area contributed by atoms with Gasteiger partial charge in [-0.1, -0.05) is 26.0 Å². The molecule has 1 heterocycles. The van der Waals surface area contributed by atoms with Crippen LogP contribution in [0.2, 0.25) is 0 Å². The largest absolute Gasteiger partial charge is 0.393 e. The number of benzene rings is 1. The zero-order chi connectivity index (χ0) is 17.5. The van der Waals surface area contributed by atoms with Crippen LogP contribution in [0.1, 0.15) is 25.3 Å². The molecule has 7 nitrogen and oxygen atoms in total. The summed E-state index contributed by atoms with van der Waals surface area (Å²) in [4.78, 5) is 9.76. The fourth-order valence-electron chi connectivity index (χ4n) is 2.20. The number of hydrogen-bond donors (Lipinski definition) is 2. The Hall–Kier alpha value is -3.32. The van der Waals surface area contributed by atoms with Crippen molar-refractivity contribution in [2.75, 3.05) is 29.0 Å². The van der Waals surface area contributed by atoms with Crippen LogP contribution in [-0.4, -0.2) is 23.1 Å². The number of nitrogens with zero attached hydrogens (tertiary/aromatic N) is 5. The van der Waals surface area contributed by atoms with Gasteiger partial charge in [0.2, 0.25) is 0 Å². The van der Waals surface area contributed by atoms with Crippen LogP contribution in [-0.2, 0) is 0 Å². The van der Waals surface area contributed by atoms with Gasteiger partial charge in [-0.25, -0.2) is 9.97 Å². The maximum atomic E-state index is 8.89. The van der Waals surface area contributed by atoms with Crippen molar-refractivity contribution in [3.63, 3.8) is 0 Å². The molecule has 0 atom stereocenters. The molecule has 0 aliphatic rings. The maximum absolute atomic E-state index is 8.89. The van der Waals surface area contributed by atoms with E-state index in [0.29, 0.717) is 23.2 Å². The van der Waals surface area contributed by atoms with E-state index < -0.39 is 0 Å². The van der Waals surface area contributed by atoms with Crippen molar-refractivity contribution in [1.29, 1.82) is 10.5 Å². The minimum Gasteiger partial charge on any atom is -0.393 e. The third kappa shape index (κ3) is 3.90. The fourth-order valence-corrected chi connectivity index (χ4v) is 2.20. The number of nitriles is 2. The van der Waals surface area contributed by atoms with Crippen LogP contribution in [0.5, 0.6) is 0 Å². The maximum Gasteiger partial charge on any atom is 0.159 e. The van der Waals surface area contributed by atoms with Gasteiger partial charge in [0.25, 0.3) is 0 Å². The van der Waals surface area contributed by atoms with E-state index in [0.717, 1.165) is 5.69 Å². The monoisotopic (exact) mass is 321 g/mol. The molecule has 2 aromatic rings. The number of anilines is 4. The van der Waals surface area contributed by atoms with E-state index in [1.165, 1.54) is 16.8 Å². The van der Waals surface area contributed by atoms with E-state index >= 15 is 0 Å². The predicted octanol–water partition coefficient (Wildman–Crippen LogP) is 2.78. The normalized spacial score (nSPS) is 10.0. The van der Waals surface area contributed by atoms with Crippen molar-refractivity contribution in [2.45, 2.75) is 19.8 Å². The first-order valence-electron chi connectivity index (χ1n) is 7.53. The molecule has 0 radical (unpaired) electrons. The first-order chi connectivity index (χ1) is 11.6. The summed E-state index contributed by atoms with van der Waals surface area (Å²) < 4.78 is 0. The molecule has 0 spiro atoms. The van der Waals surface area contributed by atoms with E-state index in [1.54, 1.807) is 0 Å². The molecule has 0 amide bonds. The molecule has 1 aromatic carbocycles. The molecular weight excluding hydrogens is 302 g/mol. The Kier molecular flexibility index (Phi) is 5.54. The molecule has 0 saturated heterocycles. The van der Waals surface area contributed by atoms with E-state index in [-0.39, 0.29) is 13.1 Å². The molecule has 122 valence electrons. The highest BCUT2D eigenvalue weighted by Gasteiger charge is 2.15. The highest BCUT2D eigenvalue weighted by atomic mass is 15.2. The first kappa shape index (κ1) is 17.0. The summed E-state index contributed by atoms with van der Waals surface area (Å²) in [6.45, 7) is 4.32. The summed E-state index contributed by atoms with van der Waals surface area (Å²) in [7, 11) is 0. The van der Waals surface area contributed by atoms with Gasteiger partial charge >= 0.3 is 0 Å². The molecule has 0 aliphatic heterocycles. The zero-order valence-electron chi connectivity index (χ0n) is 13.7. The summed E-state index contributed by atoms with van der Waals surface area (Å²) >= 11 is 0. The predicted molar refractivity (Wildman–Crippen MR) is 93.7 cm³/mol. The molecule has 0 saturated carbocycles. The van der Waals surface area contributed by atoms with Gasteiger partial charge in [0, 0.05) is 5.69 Å². The van der Waals surface area contributed by atoms with Gasteiger partial charge in [-0.2, -0.15) is 10.5 Å². The van der Waals surface area contributed by atoms with Crippen LogP contribution in [0.4, 0.5) is 23.0 Å². The zero-order valence-corrected chi connectivity index (χ0v) is 13.7. The van der Waals surface area contributed by atoms with Gasteiger partial charge in [0.15, 0.2) is 11.6 Å². The molecule has 7 heteroatoms. The molecular formula is C17H19N7. The Morgan fingerprint density at radius 2 is 1.75 bits per heavy atom. The van der Waals surface area contributed by atoms with E-state index in [9.17, 15) is 0 Å². The van der Waals surface area contributed by atoms with Gasteiger partial charge in [0.05, 0.1) is 12.1 Å². The lowest BCUT2D eigenvalue weighted by molar-refractivity contribution is 0.867. The van der Waals surface area contributed by atoms with Crippen LogP contribution in [0.3, 0.4) is 0 Å². The van der Waals surface area contributed by atoms with E-state index in [2.05, 4.69) is 29.1 Å². The van der Waals surface area contributed by atoms with Crippen LogP contribution < -0.4 is 16.0 Å². The van der Waals surface area contributed by atoms with Gasteiger partial charge in [-0.15, -0.1) is 0 Å². The van der Waals surface area contributed by atoms with E-state index in [1.807, 2.05) is 36.4 Å². The second kappa shape index (κ2) is 7.80. The highest BCUT2D eigenvalue weighted by molar-refractivity contribution is 5.78. The molecule has 2 rings (SSSR count). The number of hydrogen-bond acceptors (Lipinski definition) is 7. The van der Waals surface area contributed by atoms with Gasteiger partial charge in [-0.05, 0) is 23.6 Å². The number of nitrogens with two attached hydrogens (primary N) is 1. The molecule has 0 fully saturated rings. The van der Waals surface area contributed by atoms with Crippen LogP contribution in [0.15, 0.2) is 30.6 Å². The lowest BCUT2D eigenvalue weighted by Gasteiger charge is -2.20. The number of rotatable bonds is 6. The minimum absolute atomic E-state index is 0.0251. The fraction of sp³-hybridized carbons (Fsp3) is 0.294. The Bertz CT molecular complexity index is 753. The summed E-state index contributed by atoms with van der Waals surface area (Å²) in [6, 6.07) is 12.0. The second-order valence-corrected chi connectivity index (χ2v) is 5.53. The SMILES string of the molecule is CC(C)c1ccc(Nc2ncnc(N(CC#N)CC#N)c2N)cc1. The number of nitrogen functional groups attached to an aromatic ring is 1. The van der Waals surface area contributed by atoms with Crippen molar-refractivity contribution >= 4 is 23.0 Å². The Morgan fingerprint density at radius 3 is 2.29 bits per heavy atom. The third-order valence-corrected chi connectivity index (χ3v) is 3.53. The quantitative estimate of drug-likeness (QED) is 0.786. The Labute approximate surface area is 141 Å².